The van der Waals surface area contributed by atoms with Crippen molar-refractivity contribution in [2.75, 3.05) is 13.7 Å². The van der Waals surface area contributed by atoms with Crippen LogP contribution >= 0.6 is 0 Å². The van der Waals surface area contributed by atoms with Gasteiger partial charge in [0, 0.05) is 12.1 Å². The fourth-order valence-electron chi connectivity index (χ4n) is 3.93. The molecule has 1 fully saturated rings. The molecule has 164 valence electrons. The highest BCUT2D eigenvalue weighted by atomic mass is 19.1. The highest BCUT2D eigenvalue weighted by Gasteiger charge is 2.47. The summed E-state index contributed by atoms with van der Waals surface area (Å²) in [6, 6.07) is 13.5. The number of methoxy groups -OCH3 is 1. The molecule has 6 nitrogen and oxygen atoms in total. The average Bonchev–Trinajstić information content (AvgIpc) is 3.40. The summed E-state index contributed by atoms with van der Waals surface area (Å²) < 4.78 is 23.9. The second-order valence-corrected chi connectivity index (χ2v) is 7.57. The maximum atomic E-state index is 13.2. The zero-order valence-corrected chi connectivity index (χ0v) is 17.7. The van der Waals surface area contributed by atoms with E-state index in [1.807, 2.05) is 0 Å². The van der Waals surface area contributed by atoms with Crippen molar-refractivity contribution in [3.63, 3.8) is 0 Å². The fraction of sp³-hybridized carbons (Fsp3) is 0.200. The summed E-state index contributed by atoms with van der Waals surface area (Å²) in [5.74, 6) is -1.13. The molecular formula is C25H22FNO5. The van der Waals surface area contributed by atoms with E-state index >= 15 is 0 Å². The fourth-order valence-corrected chi connectivity index (χ4v) is 3.93. The zero-order chi connectivity index (χ0) is 22.8. The normalized spacial score (nSPS) is 17.7. The van der Waals surface area contributed by atoms with Crippen molar-refractivity contribution in [1.82, 2.24) is 4.90 Å². The molecule has 1 atom stereocenters. The van der Waals surface area contributed by atoms with Gasteiger partial charge in [-0.25, -0.2) is 4.39 Å². The number of nitrogens with zero attached hydrogens (tertiary/aromatic N) is 1. The smallest absolute Gasteiger partial charge is 0.295 e. The van der Waals surface area contributed by atoms with Crippen molar-refractivity contribution in [3.8, 4) is 5.75 Å². The summed E-state index contributed by atoms with van der Waals surface area (Å²) in [5, 5.41) is 11.1. The second kappa shape index (κ2) is 8.70. The molecule has 1 unspecified atom stereocenters. The predicted molar refractivity (Wildman–Crippen MR) is 116 cm³/mol. The van der Waals surface area contributed by atoms with E-state index in [4.69, 9.17) is 9.15 Å². The van der Waals surface area contributed by atoms with Gasteiger partial charge in [-0.1, -0.05) is 12.1 Å². The minimum atomic E-state index is -0.869. The average molecular weight is 435 g/mol. The second-order valence-electron chi connectivity index (χ2n) is 7.57. The quantitative estimate of drug-likeness (QED) is 0.353. The third kappa shape index (κ3) is 3.89. The van der Waals surface area contributed by atoms with E-state index in [2.05, 4.69) is 0 Å². The van der Waals surface area contributed by atoms with Gasteiger partial charge in [0.15, 0.2) is 0 Å². The first-order valence-corrected chi connectivity index (χ1v) is 10.1. The lowest BCUT2D eigenvalue weighted by molar-refractivity contribution is -0.140. The number of ketones is 1. The van der Waals surface area contributed by atoms with Crippen molar-refractivity contribution in [2.24, 2.45) is 0 Å². The third-order valence-electron chi connectivity index (χ3n) is 5.60. The Kier molecular flexibility index (Phi) is 5.81. The van der Waals surface area contributed by atoms with Crippen molar-refractivity contribution in [2.45, 2.75) is 19.4 Å². The number of amides is 1. The predicted octanol–water partition coefficient (Wildman–Crippen LogP) is 4.40. The molecule has 1 aromatic heterocycles. The van der Waals surface area contributed by atoms with Crippen LogP contribution in [0, 0.1) is 12.7 Å². The molecule has 0 radical (unpaired) electrons. The Morgan fingerprint density at radius 1 is 1.16 bits per heavy atom. The highest BCUT2D eigenvalue weighted by Crippen LogP contribution is 2.40. The third-order valence-corrected chi connectivity index (χ3v) is 5.60. The minimum absolute atomic E-state index is 0.0303. The van der Waals surface area contributed by atoms with Gasteiger partial charge in [0.2, 0.25) is 0 Å². The number of benzene rings is 2. The summed E-state index contributed by atoms with van der Waals surface area (Å²) in [6.07, 6.45) is 1.86. The number of halogens is 1. The standard InChI is InChI=1S/C25H22FNO5/c1-15-14-18(31-2)9-10-19(15)23(28)21-22(20-4-3-13-32-20)27(25(30)24(21)29)12-11-16-5-7-17(26)8-6-16/h3-10,13-14,22,28H,11-12H2,1-2H3/b23-21-. The molecule has 2 aromatic carbocycles. The number of aryl methyl sites for hydroxylation is 1. The van der Waals surface area contributed by atoms with E-state index in [0.29, 0.717) is 29.1 Å². The van der Waals surface area contributed by atoms with Gasteiger partial charge in [-0.3, -0.25) is 9.59 Å². The number of aliphatic hydroxyl groups is 1. The van der Waals surface area contributed by atoms with Crippen LogP contribution in [-0.2, 0) is 16.0 Å². The number of ether oxygens (including phenoxy) is 1. The zero-order valence-electron chi connectivity index (χ0n) is 17.7. The Morgan fingerprint density at radius 2 is 1.91 bits per heavy atom. The summed E-state index contributed by atoms with van der Waals surface area (Å²) in [6.45, 7) is 1.98. The molecular weight excluding hydrogens is 413 g/mol. The van der Waals surface area contributed by atoms with Gasteiger partial charge in [-0.2, -0.15) is 0 Å². The minimum Gasteiger partial charge on any atom is -0.507 e. The largest absolute Gasteiger partial charge is 0.507 e. The molecule has 3 aromatic rings. The van der Waals surface area contributed by atoms with Crippen LogP contribution < -0.4 is 4.74 Å². The summed E-state index contributed by atoms with van der Waals surface area (Å²) in [4.78, 5) is 27.3. The first-order chi connectivity index (χ1) is 15.4. The van der Waals surface area contributed by atoms with Gasteiger partial charge < -0.3 is 19.2 Å². The molecule has 1 aliphatic rings. The topological polar surface area (TPSA) is 80.0 Å². The number of furan rings is 1. The summed E-state index contributed by atoms with van der Waals surface area (Å²) in [7, 11) is 1.54. The van der Waals surface area contributed by atoms with Gasteiger partial charge in [-0.15, -0.1) is 0 Å². The van der Waals surface area contributed by atoms with E-state index < -0.39 is 17.7 Å². The summed E-state index contributed by atoms with van der Waals surface area (Å²) in [5.41, 5.74) is 1.91. The van der Waals surface area contributed by atoms with Gasteiger partial charge in [0.25, 0.3) is 11.7 Å². The van der Waals surface area contributed by atoms with Crippen molar-refractivity contribution in [3.05, 3.63) is 94.7 Å². The maximum absolute atomic E-state index is 13.2. The van der Waals surface area contributed by atoms with E-state index in [1.165, 1.54) is 30.4 Å². The Morgan fingerprint density at radius 3 is 2.53 bits per heavy atom. The molecule has 0 aliphatic carbocycles. The first-order valence-electron chi connectivity index (χ1n) is 10.1. The van der Waals surface area contributed by atoms with Crippen LogP contribution in [0.3, 0.4) is 0 Å². The number of hydrogen-bond acceptors (Lipinski definition) is 5. The Bertz CT molecular complexity index is 1180. The van der Waals surface area contributed by atoms with Crippen LogP contribution in [0.15, 0.2) is 70.9 Å². The van der Waals surface area contributed by atoms with Crippen molar-refractivity contribution >= 4 is 17.4 Å². The number of carbonyl (C=O) groups is 2. The number of carbonyl (C=O) groups excluding carboxylic acids is 2. The lowest BCUT2D eigenvalue weighted by atomic mass is 9.97. The Labute approximate surface area is 184 Å². The number of Topliss-reactive ketones (excluding diaryl/α,β-unsaturated/α-hetero) is 1. The van der Waals surface area contributed by atoms with Gasteiger partial charge in [0.05, 0.1) is 18.9 Å². The van der Waals surface area contributed by atoms with Crippen LogP contribution in [0.5, 0.6) is 5.75 Å². The molecule has 7 heteroatoms. The SMILES string of the molecule is COc1ccc(/C(O)=C2/C(=O)C(=O)N(CCc3ccc(F)cc3)C2c2ccco2)c(C)c1. The molecule has 4 rings (SSSR count). The van der Waals surface area contributed by atoms with Crippen molar-refractivity contribution < 1.29 is 28.2 Å². The van der Waals surface area contributed by atoms with Crippen LogP contribution in [0.1, 0.15) is 28.5 Å². The lowest BCUT2D eigenvalue weighted by Gasteiger charge is -2.23. The molecule has 1 aliphatic heterocycles. The molecule has 0 bridgehead atoms. The first kappa shape index (κ1) is 21.4. The van der Waals surface area contributed by atoms with Crippen LogP contribution in [0.4, 0.5) is 4.39 Å². The molecule has 0 spiro atoms. The van der Waals surface area contributed by atoms with Crippen molar-refractivity contribution in [1.29, 1.82) is 0 Å². The molecule has 0 saturated carbocycles. The maximum Gasteiger partial charge on any atom is 0.295 e. The molecule has 2 heterocycles. The Hall–Kier alpha value is -3.87. The number of likely N-dealkylation sites (tertiary alicyclic amines) is 1. The van der Waals surface area contributed by atoms with E-state index in [0.717, 1.165) is 5.56 Å². The molecule has 1 N–H and O–H groups in total. The van der Waals surface area contributed by atoms with Crippen LogP contribution in [0.2, 0.25) is 0 Å². The van der Waals surface area contributed by atoms with E-state index in [-0.39, 0.29) is 23.7 Å². The Balaban J connectivity index is 1.74. The number of hydrogen-bond donors (Lipinski definition) is 1. The summed E-state index contributed by atoms with van der Waals surface area (Å²) >= 11 is 0. The van der Waals surface area contributed by atoms with Gasteiger partial charge in [0.1, 0.15) is 29.1 Å². The van der Waals surface area contributed by atoms with E-state index in [1.54, 1.807) is 49.4 Å². The van der Waals surface area contributed by atoms with Crippen LogP contribution in [0.25, 0.3) is 5.76 Å². The number of aliphatic hydroxyl groups excluding tert-OH is 1. The van der Waals surface area contributed by atoms with Crippen LogP contribution in [-0.4, -0.2) is 35.4 Å². The number of rotatable bonds is 6. The highest BCUT2D eigenvalue weighted by molar-refractivity contribution is 6.46. The van der Waals surface area contributed by atoms with Gasteiger partial charge >= 0.3 is 0 Å². The lowest BCUT2D eigenvalue weighted by Crippen LogP contribution is -2.31. The van der Waals surface area contributed by atoms with E-state index in [9.17, 15) is 19.1 Å². The van der Waals surface area contributed by atoms with Gasteiger partial charge in [-0.05, 0) is 66.9 Å². The molecule has 32 heavy (non-hydrogen) atoms. The molecule has 1 saturated heterocycles. The molecule has 1 amide bonds. The monoisotopic (exact) mass is 435 g/mol.